The smallest absolute Gasteiger partial charge is 0.336 e. The first-order valence-electron chi connectivity index (χ1n) is 7.97. The molecular formula is C18H21NO3S. The van der Waals surface area contributed by atoms with Gasteiger partial charge in [0.2, 0.25) is 0 Å². The molecule has 0 radical (unpaired) electrons. The minimum absolute atomic E-state index is 0.143. The number of ketones is 1. The van der Waals surface area contributed by atoms with Crippen molar-refractivity contribution in [2.45, 2.75) is 45.4 Å². The highest BCUT2D eigenvalue weighted by Gasteiger charge is 2.39. The van der Waals surface area contributed by atoms with E-state index in [0.717, 1.165) is 41.1 Å². The number of hydrogen-bond donors (Lipinski definition) is 1. The maximum atomic E-state index is 12.6. The van der Waals surface area contributed by atoms with Crippen molar-refractivity contribution in [2.75, 3.05) is 7.11 Å². The number of carbonyl (C=O) groups excluding carboxylic acids is 2. The van der Waals surface area contributed by atoms with E-state index in [0.29, 0.717) is 12.0 Å². The van der Waals surface area contributed by atoms with E-state index < -0.39 is 0 Å². The zero-order valence-corrected chi connectivity index (χ0v) is 14.5. The van der Waals surface area contributed by atoms with Crippen molar-refractivity contribution in [1.82, 2.24) is 5.32 Å². The Morgan fingerprint density at radius 3 is 2.83 bits per heavy atom. The van der Waals surface area contributed by atoms with E-state index in [2.05, 4.69) is 18.3 Å². The lowest BCUT2D eigenvalue weighted by Gasteiger charge is -2.33. The fourth-order valence-corrected chi connectivity index (χ4v) is 4.46. The van der Waals surface area contributed by atoms with Crippen LogP contribution < -0.4 is 5.32 Å². The quantitative estimate of drug-likeness (QED) is 0.862. The van der Waals surface area contributed by atoms with Crippen LogP contribution in [0.25, 0.3) is 0 Å². The van der Waals surface area contributed by atoms with Gasteiger partial charge < -0.3 is 10.1 Å². The molecular weight excluding hydrogens is 310 g/mol. The van der Waals surface area contributed by atoms with Crippen molar-refractivity contribution in [3.8, 4) is 0 Å². The minimum Gasteiger partial charge on any atom is -0.466 e. The number of hydrogen-bond acceptors (Lipinski definition) is 5. The normalized spacial score (nSPS) is 21.2. The summed E-state index contributed by atoms with van der Waals surface area (Å²) in [4.78, 5) is 27.3. The highest BCUT2D eigenvalue weighted by atomic mass is 32.1. The van der Waals surface area contributed by atoms with E-state index in [1.54, 1.807) is 11.3 Å². The Bertz CT molecular complexity index is 726. The van der Waals surface area contributed by atoms with Crippen LogP contribution in [0, 0.1) is 0 Å². The van der Waals surface area contributed by atoms with Gasteiger partial charge in [-0.2, -0.15) is 0 Å². The number of allylic oxidation sites excluding steroid dienone is 3. The highest BCUT2D eigenvalue weighted by molar-refractivity contribution is 7.12. The van der Waals surface area contributed by atoms with Crippen LogP contribution in [-0.2, 0) is 20.7 Å². The van der Waals surface area contributed by atoms with E-state index >= 15 is 0 Å². The molecule has 4 nitrogen and oxygen atoms in total. The van der Waals surface area contributed by atoms with Crippen molar-refractivity contribution < 1.29 is 14.3 Å². The summed E-state index contributed by atoms with van der Waals surface area (Å²) < 4.78 is 4.99. The van der Waals surface area contributed by atoms with Crippen LogP contribution in [0.2, 0.25) is 0 Å². The van der Waals surface area contributed by atoms with Gasteiger partial charge in [-0.3, -0.25) is 4.79 Å². The molecule has 3 rings (SSSR count). The first-order valence-corrected chi connectivity index (χ1v) is 8.79. The molecule has 5 heteroatoms. The maximum Gasteiger partial charge on any atom is 0.336 e. The second kappa shape index (κ2) is 6.32. The number of aryl methyl sites for hydroxylation is 1. The third-order valence-electron chi connectivity index (χ3n) is 4.50. The van der Waals surface area contributed by atoms with Crippen molar-refractivity contribution >= 4 is 23.1 Å². The van der Waals surface area contributed by atoms with Gasteiger partial charge in [-0.1, -0.05) is 6.92 Å². The van der Waals surface area contributed by atoms with Crippen molar-refractivity contribution in [3.63, 3.8) is 0 Å². The van der Waals surface area contributed by atoms with Crippen LogP contribution in [0.3, 0.4) is 0 Å². The van der Waals surface area contributed by atoms with Crippen molar-refractivity contribution in [1.29, 1.82) is 0 Å². The van der Waals surface area contributed by atoms with Crippen molar-refractivity contribution in [2.24, 2.45) is 0 Å². The number of methoxy groups -OCH3 is 1. The van der Waals surface area contributed by atoms with Gasteiger partial charge in [-0.15, -0.1) is 11.3 Å². The molecule has 0 fully saturated rings. The van der Waals surface area contributed by atoms with Crippen molar-refractivity contribution in [3.05, 3.63) is 44.4 Å². The Morgan fingerprint density at radius 2 is 2.17 bits per heavy atom. The fourth-order valence-electron chi connectivity index (χ4n) is 3.39. The molecule has 1 aromatic heterocycles. The summed E-state index contributed by atoms with van der Waals surface area (Å²) in [6.07, 6.45) is 3.22. The van der Waals surface area contributed by atoms with Crippen LogP contribution in [0.1, 0.15) is 48.8 Å². The number of esters is 1. The molecule has 0 saturated carbocycles. The van der Waals surface area contributed by atoms with Gasteiger partial charge in [-0.05, 0) is 38.3 Å². The lowest BCUT2D eigenvalue weighted by atomic mass is 9.78. The number of dihydropyridines is 1. The molecule has 0 unspecified atom stereocenters. The predicted octanol–water partition coefficient (Wildman–Crippen LogP) is 3.45. The topological polar surface area (TPSA) is 55.4 Å². The highest BCUT2D eigenvalue weighted by Crippen LogP contribution is 2.44. The standard InChI is InChI=1S/C18H21NO3S/c1-4-11-8-9-14(23-11)17-15(18(21)22-3)10(2)19-12-6-5-7-13(20)16(12)17/h8-9,17,19H,4-7H2,1-3H3/t17-/m1/s1. The van der Waals surface area contributed by atoms with Gasteiger partial charge in [0.1, 0.15) is 0 Å². The van der Waals surface area contributed by atoms with Gasteiger partial charge in [-0.25, -0.2) is 4.79 Å². The molecule has 122 valence electrons. The van der Waals surface area contributed by atoms with Gasteiger partial charge in [0.15, 0.2) is 5.78 Å². The van der Waals surface area contributed by atoms with Gasteiger partial charge in [0.05, 0.1) is 18.6 Å². The molecule has 1 N–H and O–H groups in total. The van der Waals surface area contributed by atoms with Gasteiger partial charge in [0, 0.05) is 33.1 Å². The zero-order chi connectivity index (χ0) is 16.6. The summed E-state index contributed by atoms with van der Waals surface area (Å²) in [7, 11) is 1.39. The Labute approximate surface area is 140 Å². The van der Waals surface area contributed by atoms with Crippen LogP contribution in [0.15, 0.2) is 34.7 Å². The Kier molecular flexibility index (Phi) is 4.39. The summed E-state index contributed by atoms with van der Waals surface area (Å²) in [5.74, 6) is -0.516. The number of rotatable bonds is 3. The molecule has 0 bridgehead atoms. The third-order valence-corrected chi connectivity index (χ3v) is 5.79. The van der Waals surface area contributed by atoms with Gasteiger partial charge in [0.25, 0.3) is 0 Å². The maximum absolute atomic E-state index is 12.6. The van der Waals surface area contributed by atoms with E-state index in [9.17, 15) is 9.59 Å². The van der Waals surface area contributed by atoms with Crippen LogP contribution in [-0.4, -0.2) is 18.9 Å². The first-order chi connectivity index (χ1) is 11.1. The predicted molar refractivity (Wildman–Crippen MR) is 90.2 cm³/mol. The molecule has 0 saturated heterocycles. The number of carbonyl (C=O) groups is 2. The molecule has 1 aromatic rings. The molecule has 23 heavy (non-hydrogen) atoms. The molecule has 2 aliphatic rings. The summed E-state index contributed by atoms with van der Waals surface area (Å²) in [6.45, 7) is 3.99. The average molecular weight is 331 g/mol. The first kappa shape index (κ1) is 16.0. The average Bonchev–Trinajstić information content (AvgIpc) is 3.02. The molecule has 0 amide bonds. The van der Waals surface area contributed by atoms with Gasteiger partial charge >= 0.3 is 5.97 Å². The Balaban J connectivity index is 2.16. The fraction of sp³-hybridized carbons (Fsp3) is 0.444. The van der Waals surface area contributed by atoms with E-state index in [4.69, 9.17) is 4.74 Å². The SMILES string of the molecule is CCc1ccc([C@@H]2C(C(=O)OC)=C(C)NC3=C2C(=O)CCC3)s1. The van der Waals surface area contributed by atoms with Crippen LogP contribution >= 0.6 is 11.3 Å². The second-order valence-corrected chi connectivity index (χ2v) is 7.11. The number of Topliss-reactive ketones (excluding diaryl/α,β-unsaturated/α-hetero) is 1. The molecule has 1 aliphatic heterocycles. The summed E-state index contributed by atoms with van der Waals surface area (Å²) in [5.41, 5.74) is 3.09. The zero-order valence-electron chi connectivity index (χ0n) is 13.7. The summed E-state index contributed by atoms with van der Waals surface area (Å²) >= 11 is 1.67. The number of thiophene rings is 1. The molecule has 0 aromatic carbocycles. The second-order valence-electron chi connectivity index (χ2n) is 5.91. The Hall–Kier alpha value is -1.88. The summed E-state index contributed by atoms with van der Waals surface area (Å²) in [6, 6.07) is 4.13. The number of nitrogens with one attached hydrogen (secondary N) is 1. The lowest BCUT2D eigenvalue weighted by Crippen LogP contribution is -2.33. The molecule has 2 heterocycles. The van der Waals surface area contributed by atoms with E-state index in [1.807, 2.05) is 13.0 Å². The summed E-state index contributed by atoms with van der Waals surface area (Å²) in [5, 5.41) is 3.28. The van der Waals surface area contributed by atoms with Crippen LogP contribution in [0.5, 0.6) is 0 Å². The lowest BCUT2D eigenvalue weighted by molar-refractivity contribution is -0.136. The third kappa shape index (κ3) is 2.74. The van der Waals surface area contributed by atoms with Crippen LogP contribution in [0.4, 0.5) is 0 Å². The largest absolute Gasteiger partial charge is 0.466 e. The molecule has 1 atom stereocenters. The minimum atomic E-state index is -0.364. The number of ether oxygens (including phenoxy) is 1. The molecule has 0 spiro atoms. The monoisotopic (exact) mass is 331 g/mol. The molecule has 1 aliphatic carbocycles. The Morgan fingerprint density at radius 1 is 1.39 bits per heavy atom. The van der Waals surface area contributed by atoms with E-state index in [-0.39, 0.29) is 17.7 Å². The van der Waals surface area contributed by atoms with E-state index in [1.165, 1.54) is 12.0 Å².